The molecule has 3 atom stereocenters. The fourth-order valence-corrected chi connectivity index (χ4v) is 5.65. The normalized spacial score (nSPS) is 26.8. The van der Waals surface area contributed by atoms with Gasteiger partial charge in [0.1, 0.15) is 5.75 Å². The molecule has 2 aliphatic heterocycles. The molecule has 1 saturated heterocycles. The van der Waals surface area contributed by atoms with Crippen molar-refractivity contribution in [1.29, 1.82) is 0 Å². The molecule has 0 amide bonds. The Morgan fingerprint density at radius 3 is 2.80 bits per heavy atom. The van der Waals surface area contributed by atoms with Gasteiger partial charge in [-0.3, -0.25) is 4.90 Å². The molecule has 4 rings (SSSR count). The van der Waals surface area contributed by atoms with Gasteiger partial charge in [-0.1, -0.05) is 19.4 Å². The van der Waals surface area contributed by atoms with Crippen LogP contribution in [0.15, 0.2) is 30.0 Å². The number of H-pyrrole nitrogens is 1. The first kappa shape index (κ1) is 20.8. The second kappa shape index (κ2) is 7.99. The predicted molar refractivity (Wildman–Crippen MR) is 116 cm³/mol. The van der Waals surface area contributed by atoms with Gasteiger partial charge in [-0.25, -0.2) is 4.79 Å². The first-order chi connectivity index (χ1) is 14.5. The van der Waals surface area contributed by atoms with Gasteiger partial charge < -0.3 is 19.2 Å². The molecule has 3 heterocycles. The van der Waals surface area contributed by atoms with E-state index in [4.69, 9.17) is 14.2 Å². The SMILES string of the molecule is CC[C@@H]1CN2CCc3c([nH]c4cccc(OC)c34)[C@]2(C)C[C@@H]1/C(=C\OC)C(=O)OC. The predicted octanol–water partition coefficient (Wildman–Crippen LogP) is 4.00. The first-order valence-electron chi connectivity index (χ1n) is 10.7. The smallest absolute Gasteiger partial charge is 0.337 e. The van der Waals surface area contributed by atoms with E-state index in [0.717, 1.165) is 43.6 Å². The summed E-state index contributed by atoms with van der Waals surface area (Å²) in [5.74, 6) is 1.06. The van der Waals surface area contributed by atoms with E-state index in [9.17, 15) is 4.79 Å². The Morgan fingerprint density at radius 1 is 1.33 bits per heavy atom. The van der Waals surface area contributed by atoms with Gasteiger partial charge in [0.2, 0.25) is 0 Å². The fraction of sp³-hybridized carbons (Fsp3) is 0.542. The molecule has 0 unspecified atom stereocenters. The summed E-state index contributed by atoms with van der Waals surface area (Å²) in [7, 11) is 4.75. The molecular weight excluding hydrogens is 380 g/mol. The average molecular weight is 413 g/mol. The number of rotatable bonds is 5. The first-order valence-corrected chi connectivity index (χ1v) is 10.7. The van der Waals surface area contributed by atoms with Crippen LogP contribution in [-0.4, -0.2) is 50.3 Å². The molecule has 0 radical (unpaired) electrons. The topological polar surface area (TPSA) is 63.8 Å². The zero-order valence-electron chi connectivity index (χ0n) is 18.6. The minimum atomic E-state index is -0.299. The van der Waals surface area contributed by atoms with Crippen molar-refractivity contribution < 1.29 is 19.0 Å². The number of benzene rings is 1. The van der Waals surface area contributed by atoms with Crippen LogP contribution < -0.4 is 4.74 Å². The van der Waals surface area contributed by atoms with E-state index in [-0.39, 0.29) is 17.4 Å². The van der Waals surface area contributed by atoms with Crippen molar-refractivity contribution in [3.05, 3.63) is 41.3 Å². The van der Waals surface area contributed by atoms with E-state index < -0.39 is 0 Å². The van der Waals surface area contributed by atoms with Gasteiger partial charge in [-0.15, -0.1) is 0 Å². The minimum Gasteiger partial charge on any atom is -0.504 e. The number of aromatic amines is 1. The van der Waals surface area contributed by atoms with Crippen molar-refractivity contribution in [2.45, 2.75) is 38.6 Å². The maximum Gasteiger partial charge on any atom is 0.337 e. The number of hydrogen-bond acceptors (Lipinski definition) is 5. The molecule has 1 fully saturated rings. The molecule has 1 aromatic carbocycles. The van der Waals surface area contributed by atoms with Crippen molar-refractivity contribution in [2.75, 3.05) is 34.4 Å². The lowest BCUT2D eigenvalue weighted by Crippen LogP contribution is -2.56. The molecule has 0 aliphatic carbocycles. The highest BCUT2D eigenvalue weighted by Crippen LogP contribution is 2.50. The number of hydrogen-bond donors (Lipinski definition) is 1. The van der Waals surface area contributed by atoms with E-state index in [0.29, 0.717) is 11.5 Å². The largest absolute Gasteiger partial charge is 0.504 e. The minimum absolute atomic E-state index is 0.0721. The summed E-state index contributed by atoms with van der Waals surface area (Å²) in [5, 5.41) is 1.19. The van der Waals surface area contributed by atoms with Crippen molar-refractivity contribution in [3.8, 4) is 5.75 Å². The van der Waals surface area contributed by atoms with E-state index >= 15 is 0 Å². The summed E-state index contributed by atoms with van der Waals surface area (Å²) in [6, 6.07) is 6.17. The molecule has 6 heteroatoms. The lowest BCUT2D eigenvalue weighted by molar-refractivity contribution is -0.138. The summed E-state index contributed by atoms with van der Waals surface area (Å²) in [6.07, 6.45) is 4.40. The maximum absolute atomic E-state index is 12.6. The van der Waals surface area contributed by atoms with Crippen LogP contribution in [0.2, 0.25) is 0 Å². The Bertz CT molecular complexity index is 979. The zero-order valence-corrected chi connectivity index (χ0v) is 18.6. The monoisotopic (exact) mass is 412 g/mol. The Labute approximate surface area is 178 Å². The number of ether oxygens (including phenoxy) is 3. The Hall–Kier alpha value is -2.47. The van der Waals surface area contributed by atoms with Gasteiger partial charge in [0.05, 0.1) is 38.7 Å². The number of aromatic nitrogens is 1. The molecule has 0 bridgehead atoms. The molecule has 30 heavy (non-hydrogen) atoms. The van der Waals surface area contributed by atoms with Gasteiger partial charge in [0.25, 0.3) is 0 Å². The zero-order chi connectivity index (χ0) is 21.5. The van der Waals surface area contributed by atoms with Crippen LogP contribution in [0.3, 0.4) is 0 Å². The van der Waals surface area contributed by atoms with E-state index in [1.807, 2.05) is 12.1 Å². The quantitative estimate of drug-likeness (QED) is 0.457. The van der Waals surface area contributed by atoms with Gasteiger partial charge in [-0.2, -0.15) is 0 Å². The third-order valence-electron chi connectivity index (χ3n) is 7.21. The van der Waals surface area contributed by atoms with Gasteiger partial charge in [0.15, 0.2) is 0 Å². The van der Waals surface area contributed by atoms with Crippen LogP contribution in [0.4, 0.5) is 0 Å². The second-order valence-electron chi connectivity index (χ2n) is 8.61. The number of nitrogens with one attached hydrogen (secondary N) is 1. The van der Waals surface area contributed by atoms with Gasteiger partial charge in [-0.05, 0) is 43.4 Å². The Balaban J connectivity index is 1.82. The molecule has 162 valence electrons. The summed E-state index contributed by atoms with van der Waals surface area (Å²) in [5.41, 5.74) is 4.12. The molecule has 1 N–H and O–H groups in total. The van der Waals surface area contributed by atoms with Gasteiger partial charge in [0, 0.05) is 35.6 Å². The van der Waals surface area contributed by atoms with Crippen molar-refractivity contribution in [3.63, 3.8) is 0 Å². The second-order valence-corrected chi connectivity index (χ2v) is 8.61. The average Bonchev–Trinajstić information content (AvgIpc) is 3.16. The Morgan fingerprint density at radius 2 is 2.13 bits per heavy atom. The number of esters is 1. The van der Waals surface area contributed by atoms with Crippen LogP contribution in [0.1, 0.15) is 37.9 Å². The maximum atomic E-state index is 12.6. The van der Waals surface area contributed by atoms with E-state index in [1.165, 1.54) is 23.8 Å². The molecule has 0 saturated carbocycles. The van der Waals surface area contributed by atoms with Crippen molar-refractivity contribution in [2.24, 2.45) is 11.8 Å². The molecule has 2 aliphatic rings. The molecule has 6 nitrogen and oxygen atoms in total. The Kier molecular flexibility index (Phi) is 5.53. The third kappa shape index (κ3) is 3.09. The molecule has 0 spiro atoms. The van der Waals surface area contributed by atoms with Crippen LogP contribution in [0.5, 0.6) is 5.75 Å². The van der Waals surface area contributed by atoms with Crippen LogP contribution in [0, 0.1) is 11.8 Å². The lowest BCUT2D eigenvalue weighted by atomic mass is 9.68. The number of fused-ring (bicyclic) bond motifs is 5. The van der Waals surface area contributed by atoms with Crippen LogP contribution >= 0.6 is 0 Å². The standard InChI is InChI=1S/C24H32N2O4/c1-6-15-13-26-11-10-16-21-19(8-7-9-20(21)29-4)25-22(16)24(26,2)12-17(15)18(14-28-3)23(27)30-5/h7-9,14-15,17,25H,6,10-13H2,1-5H3/b18-14+/t15-,17+,24+/m1/s1. The summed E-state index contributed by atoms with van der Waals surface area (Å²) in [6.45, 7) is 6.44. The van der Waals surface area contributed by atoms with E-state index in [2.05, 4.69) is 29.8 Å². The van der Waals surface area contributed by atoms with Gasteiger partial charge >= 0.3 is 5.97 Å². The summed E-state index contributed by atoms with van der Waals surface area (Å²) in [4.78, 5) is 18.9. The highest BCUT2D eigenvalue weighted by atomic mass is 16.5. The number of carbonyl (C=O) groups excluding carboxylic acids is 1. The van der Waals surface area contributed by atoms with Crippen molar-refractivity contribution >= 4 is 16.9 Å². The van der Waals surface area contributed by atoms with Crippen molar-refractivity contribution in [1.82, 2.24) is 9.88 Å². The number of methoxy groups -OCH3 is 3. The summed E-state index contributed by atoms with van der Waals surface area (Å²) < 4.78 is 16.1. The number of piperidine rings is 1. The number of carbonyl (C=O) groups is 1. The van der Waals surface area contributed by atoms with Crippen LogP contribution in [-0.2, 0) is 26.2 Å². The van der Waals surface area contributed by atoms with Crippen LogP contribution in [0.25, 0.3) is 10.9 Å². The number of nitrogens with zero attached hydrogens (tertiary/aromatic N) is 1. The highest BCUT2D eigenvalue weighted by Gasteiger charge is 2.49. The molecule has 2 aromatic rings. The van der Waals surface area contributed by atoms with E-state index in [1.54, 1.807) is 20.5 Å². The highest BCUT2D eigenvalue weighted by molar-refractivity contribution is 5.91. The molecular formula is C24H32N2O4. The fourth-order valence-electron chi connectivity index (χ4n) is 5.65. The lowest BCUT2D eigenvalue weighted by Gasteiger charge is -2.53. The molecule has 1 aromatic heterocycles. The third-order valence-corrected chi connectivity index (χ3v) is 7.21. The summed E-state index contributed by atoms with van der Waals surface area (Å²) >= 11 is 0.